The summed E-state index contributed by atoms with van der Waals surface area (Å²) in [5.41, 5.74) is 1.15. The Labute approximate surface area is 115 Å². The number of hydrogen-bond donors (Lipinski definition) is 1. The van der Waals surface area contributed by atoms with Crippen molar-refractivity contribution in [3.63, 3.8) is 0 Å². The number of nitrogens with one attached hydrogen (secondary N) is 1. The van der Waals surface area contributed by atoms with Gasteiger partial charge in [-0.1, -0.05) is 20.3 Å². The first kappa shape index (κ1) is 12.6. The van der Waals surface area contributed by atoms with Crippen LogP contribution < -0.4 is 14.8 Å². The van der Waals surface area contributed by atoms with Gasteiger partial charge in [-0.05, 0) is 36.8 Å². The van der Waals surface area contributed by atoms with Crippen molar-refractivity contribution in [3.05, 3.63) is 18.2 Å². The second-order valence-corrected chi connectivity index (χ2v) is 6.00. The molecular weight excluding hydrogens is 238 g/mol. The molecule has 1 aliphatic carbocycles. The van der Waals surface area contributed by atoms with Crippen molar-refractivity contribution in [2.45, 2.75) is 39.2 Å². The van der Waals surface area contributed by atoms with E-state index in [1.165, 1.54) is 19.3 Å². The van der Waals surface area contributed by atoms with Crippen LogP contribution in [0.1, 0.15) is 33.1 Å². The van der Waals surface area contributed by atoms with E-state index < -0.39 is 0 Å². The predicted molar refractivity (Wildman–Crippen MR) is 77.0 cm³/mol. The van der Waals surface area contributed by atoms with Crippen LogP contribution in [-0.2, 0) is 0 Å². The molecule has 19 heavy (non-hydrogen) atoms. The van der Waals surface area contributed by atoms with Gasteiger partial charge in [0.05, 0.1) is 0 Å². The average molecular weight is 261 g/mol. The van der Waals surface area contributed by atoms with Crippen LogP contribution in [-0.4, -0.2) is 19.3 Å². The lowest BCUT2D eigenvalue weighted by Crippen LogP contribution is -2.33. The molecule has 0 saturated heterocycles. The monoisotopic (exact) mass is 261 g/mol. The van der Waals surface area contributed by atoms with E-state index in [0.29, 0.717) is 19.3 Å². The molecule has 1 heterocycles. The zero-order valence-electron chi connectivity index (χ0n) is 11.8. The fourth-order valence-electron chi connectivity index (χ4n) is 3.08. The number of hydrogen-bond acceptors (Lipinski definition) is 3. The molecule has 0 bridgehead atoms. The van der Waals surface area contributed by atoms with E-state index in [1.807, 2.05) is 6.07 Å². The highest BCUT2D eigenvalue weighted by Crippen LogP contribution is 2.35. The normalized spacial score (nSPS) is 29.9. The highest BCUT2D eigenvalue weighted by molar-refractivity contribution is 5.55. The fraction of sp³-hybridized carbons (Fsp3) is 0.625. The van der Waals surface area contributed by atoms with Crippen LogP contribution in [0.4, 0.5) is 5.69 Å². The van der Waals surface area contributed by atoms with Crippen LogP contribution in [0, 0.1) is 11.8 Å². The molecule has 104 valence electrons. The molecule has 1 fully saturated rings. The first-order chi connectivity index (χ1) is 9.22. The van der Waals surface area contributed by atoms with Crippen molar-refractivity contribution < 1.29 is 9.47 Å². The summed E-state index contributed by atoms with van der Waals surface area (Å²) in [6.45, 7) is 6.00. The van der Waals surface area contributed by atoms with E-state index in [4.69, 9.17) is 9.47 Å². The van der Waals surface area contributed by atoms with E-state index in [9.17, 15) is 0 Å². The standard InChI is InChI=1S/C16H23NO2/c1-11-3-4-12(2)14(9-11)17-13-5-6-15-16(10-13)19-8-7-18-15/h5-6,10-12,14,17H,3-4,7-9H2,1-2H3. The first-order valence-corrected chi connectivity index (χ1v) is 7.38. The fourth-order valence-corrected chi connectivity index (χ4v) is 3.08. The Bertz CT molecular complexity index is 446. The van der Waals surface area contributed by atoms with E-state index in [-0.39, 0.29) is 0 Å². The number of benzene rings is 1. The summed E-state index contributed by atoms with van der Waals surface area (Å²) in [4.78, 5) is 0. The number of rotatable bonds is 2. The van der Waals surface area contributed by atoms with Gasteiger partial charge in [0.2, 0.25) is 0 Å². The van der Waals surface area contributed by atoms with Gasteiger partial charge < -0.3 is 14.8 Å². The molecule has 3 nitrogen and oxygen atoms in total. The van der Waals surface area contributed by atoms with Crippen molar-refractivity contribution in [3.8, 4) is 11.5 Å². The average Bonchev–Trinajstić information content (AvgIpc) is 2.43. The van der Waals surface area contributed by atoms with Gasteiger partial charge >= 0.3 is 0 Å². The molecule has 0 radical (unpaired) electrons. The van der Waals surface area contributed by atoms with Crippen LogP contribution in [0.3, 0.4) is 0 Å². The molecule has 1 N–H and O–H groups in total. The van der Waals surface area contributed by atoms with Gasteiger partial charge in [0.15, 0.2) is 11.5 Å². The van der Waals surface area contributed by atoms with Crippen molar-refractivity contribution in [1.29, 1.82) is 0 Å². The Balaban J connectivity index is 1.72. The SMILES string of the molecule is CC1CCC(C)C(Nc2ccc3c(c2)OCCO3)C1. The lowest BCUT2D eigenvalue weighted by Gasteiger charge is -2.34. The maximum absolute atomic E-state index is 5.64. The number of ether oxygens (including phenoxy) is 2. The van der Waals surface area contributed by atoms with Gasteiger partial charge in [0.1, 0.15) is 13.2 Å². The Kier molecular flexibility index (Phi) is 3.54. The van der Waals surface area contributed by atoms with Gasteiger partial charge in [-0.25, -0.2) is 0 Å². The largest absolute Gasteiger partial charge is 0.486 e. The highest BCUT2D eigenvalue weighted by atomic mass is 16.6. The van der Waals surface area contributed by atoms with Gasteiger partial charge in [-0.3, -0.25) is 0 Å². The molecule has 2 aliphatic rings. The second kappa shape index (κ2) is 5.32. The molecule has 3 atom stereocenters. The van der Waals surface area contributed by atoms with Crippen LogP contribution in [0.2, 0.25) is 0 Å². The van der Waals surface area contributed by atoms with Crippen LogP contribution in [0.15, 0.2) is 18.2 Å². The minimum atomic E-state index is 0.575. The van der Waals surface area contributed by atoms with Gasteiger partial charge in [0.25, 0.3) is 0 Å². The highest BCUT2D eigenvalue weighted by Gasteiger charge is 2.25. The molecule has 1 aromatic carbocycles. The topological polar surface area (TPSA) is 30.5 Å². The summed E-state index contributed by atoms with van der Waals surface area (Å²) in [5, 5.41) is 3.68. The molecule has 3 rings (SSSR count). The van der Waals surface area contributed by atoms with Crippen LogP contribution in [0.5, 0.6) is 11.5 Å². The first-order valence-electron chi connectivity index (χ1n) is 7.38. The molecule has 1 saturated carbocycles. The van der Waals surface area contributed by atoms with E-state index in [1.54, 1.807) is 0 Å². The molecular formula is C16H23NO2. The Morgan fingerprint density at radius 1 is 1.05 bits per heavy atom. The molecule has 0 aromatic heterocycles. The molecule has 1 aromatic rings. The number of fused-ring (bicyclic) bond motifs is 1. The predicted octanol–water partition coefficient (Wildman–Crippen LogP) is 3.69. The third-order valence-corrected chi connectivity index (χ3v) is 4.35. The number of anilines is 1. The van der Waals surface area contributed by atoms with E-state index in [2.05, 4.69) is 31.3 Å². The molecule has 3 unspecified atom stereocenters. The summed E-state index contributed by atoms with van der Waals surface area (Å²) in [7, 11) is 0. The van der Waals surface area contributed by atoms with Gasteiger partial charge in [0, 0.05) is 17.8 Å². The lowest BCUT2D eigenvalue weighted by atomic mass is 9.80. The maximum Gasteiger partial charge on any atom is 0.163 e. The summed E-state index contributed by atoms with van der Waals surface area (Å²) in [5.74, 6) is 3.30. The van der Waals surface area contributed by atoms with Gasteiger partial charge in [-0.2, -0.15) is 0 Å². The molecule has 3 heteroatoms. The summed E-state index contributed by atoms with van der Waals surface area (Å²) < 4.78 is 11.2. The maximum atomic E-state index is 5.64. The zero-order chi connectivity index (χ0) is 13.2. The smallest absolute Gasteiger partial charge is 0.163 e. The van der Waals surface area contributed by atoms with Gasteiger partial charge in [-0.15, -0.1) is 0 Å². The molecule has 0 amide bonds. The van der Waals surface area contributed by atoms with Crippen molar-refractivity contribution >= 4 is 5.69 Å². The third-order valence-electron chi connectivity index (χ3n) is 4.35. The van der Waals surface area contributed by atoms with Crippen LogP contribution >= 0.6 is 0 Å². The lowest BCUT2D eigenvalue weighted by molar-refractivity contribution is 0.171. The van der Waals surface area contributed by atoms with Crippen molar-refractivity contribution in [2.24, 2.45) is 11.8 Å². The molecule has 0 spiro atoms. The van der Waals surface area contributed by atoms with Crippen LogP contribution in [0.25, 0.3) is 0 Å². The molecule has 1 aliphatic heterocycles. The quantitative estimate of drug-likeness (QED) is 0.880. The zero-order valence-corrected chi connectivity index (χ0v) is 11.8. The Morgan fingerprint density at radius 3 is 2.68 bits per heavy atom. The second-order valence-electron chi connectivity index (χ2n) is 6.00. The van der Waals surface area contributed by atoms with E-state index >= 15 is 0 Å². The third kappa shape index (κ3) is 2.80. The minimum Gasteiger partial charge on any atom is -0.486 e. The Morgan fingerprint density at radius 2 is 1.84 bits per heavy atom. The Hall–Kier alpha value is -1.38. The minimum absolute atomic E-state index is 0.575. The summed E-state index contributed by atoms with van der Waals surface area (Å²) in [6, 6.07) is 6.75. The van der Waals surface area contributed by atoms with E-state index in [0.717, 1.165) is 29.0 Å². The summed E-state index contributed by atoms with van der Waals surface area (Å²) in [6.07, 6.45) is 3.94. The van der Waals surface area contributed by atoms with Crippen molar-refractivity contribution in [2.75, 3.05) is 18.5 Å². The van der Waals surface area contributed by atoms with Crippen molar-refractivity contribution in [1.82, 2.24) is 0 Å². The summed E-state index contributed by atoms with van der Waals surface area (Å²) >= 11 is 0.